The first-order valence-corrected chi connectivity index (χ1v) is 16.1. The minimum Gasteiger partial charge on any atom is -0.491 e. The molecule has 4 rings (SSSR count). The van der Waals surface area contributed by atoms with Crippen molar-refractivity contribution in [3.05, 3.63) is 76.2 Å². The Kier molecular flexibility index (Phi) is 10.9. The van der Waals surface area contributed by atoms with Gasteiger partial charge < -0.3 is 25.8 Å². The summed E-state index contributed by atoms with van der Waals surface area (Å²) in [5.74, 6) is 1.85. The summed E-state index contributed by atoms with van der Waals surface area (Å²) in [7, 11) is 0. The number of nitrogens with one attached hydrogen (secondary N) is 3. The Morgan fingerprint density at radius 2 is 1.86 bits per heavy atom. The van der Waals surface area contributed by atoms with Gasteiger partial charge in [0.1, 0.15) is 22.5 Å². The van der Waals surface area contributed by atoms with Crippen LogP contribution in [-0.4, -0.2) is 46.3 Å². The number of carbonyl (C=O) groups excluding carboxylic acids is 1. The standard InChI is InChI=1S/C35H48ClN5O3/c1-8-16-44-30-18-24(12-13-27(30)39-32-20-31(36)40-33(41-32)22(2)3)17-28(38-23(4)42)29(43)21-37-35(14-15-35)26-11-9-10-25(19-26)34(5,6)7/h9-13,18-20,22,28-29,37,43H,8,14-17,21H2,1-7H3,(H,38,42)(H,39,40,41)/t28-,29+/m0/s1. The lowest BCUT2D eigenvalue weighted by Gasteiger charge is -2.28. The molecular weight excluding hydrogens is 574 g/mol. The van der Waals surface area contributed by atoms with E-state index in [0.717, 1.165) is 30.5 Å². The highest BCUT2D eigenvalue weighted by Crippen LogP contribution is 2.46. The molecule has 0 bridgehead atoms. The summed E-state index contributed by atoms with van der Waals surface area (Å²) in [6.07, 6.45) is 2.52. The summed E-state index contributed by atoms with van der Waals surface area (Å²) in [6.45, 7) is 15.1. The summed E-state index contributed by atoms with van der Waals surface area (Å²) in [4.78, 5) is 21.1. The Balaban J connectivity index is 1.50. The maximum absolute atomic E-state index is 12.2. The highest BCUT2D eigenvalue weighted by molar-refractivity contribution is 6.29. The fourth-order valence-electron chi connectivity index (χ4n) is 5.24. The van der Waals surface area contributed by atoms with Crippen LogP contribution in [-0.2, 0) is 22.2 Å². The second-order valence-electron chi connectivity index (χ2n) is 13.3. The molecule has 1 aliphatic rings. The first-order valence-electron chi connectivity index (χ1n) is 15.7. The van der Waals surface area contributed by atoms with Crippen molar-refractivity contribution in [3.8, 4) is 5.75 Å². The van der Waals surface area contributed by atoms with Crippen molar-refractivity contribution in [3.63, 3.8) is 0 Å². The monoisotopic (exact) mass is 621 g/mol. The predicted molar refractivity (Wildman–Crippen MR) is 178 cm³/mol. The molecule has 1 heterocycles. The molecule has 9 heteroatoms. The number of amides is 1. The zero-order valence-corrected chi connectivity index (χ0v) is 27.9. The summed E-state index contributed by atoms with van der Waals surface area (Å²) >= 11 is 6.27. The number of rotatable bonds is 14. The maximum Gasteiger partial charge on any atom is 0.217 e. The first kappa shape index (κ1) is 33.7. The molecule has 3 aromatic rings. The minimum absolute atomic E-state index is 0.0613. The Hall–Kier alpha value is -3.20. The summed E-state index contributed by atoms with van der Waals surface area (Å²) in [5, 5.41) is 21.7. The number of ether oxygens (including phenoxy) is 1. The molecule has 238 valence electrons. The lowest BCUT2D eigenvalue weighted by molar-refractivity contribution is -0.120. The van der Waals surface area contributed by atoms with E-state index in [9.17, 15) is 9.90 Å². The van der Waals surface area contributed by atoms with Crippen LogP contribution in [0.25, 0.3) is 0 Å². The SMILES string of the molecule is CCCOc1cc(C[C@H](NC(C)=O)[C@H](O)CNC2(c3cccc(C(C)(C)C)c3)CC2)ccc1Nc1cc(Cl)nc(C(C)C)n1. The highest BCUT2D eigenvalue weighted by atomic mass is 35.5. The van der Waals surface area contributed by atoms with Gasteiger partial charge in [0.05, 0.1) is 24.4 Å². The number of nitrogens with zero attached hydrogens (tertiary/aromatic N) is 2. The molecule has 44 heavy (non-hydrogen) atoms. The molecule has 1 fully saturated rings. The highest BCUT2D eigenvalue weighted by Gasteiger charge is 2.44. The van der Waals surface area contributed by atoms with Crippen molar-refractivity contribution in [2.24, 2.45) is 0 Å². The van der Waals surface area contributed by atoms with Gasteiger partial charge in [0.2, 0.25) is 5.91 Å². The van der Waals surface area contributed by atoms with Gasteiger partial charge in [-0.1, -0.05) is 83.5 Å². The van der Waals surface area contributed by atoms with E-state index in [2.05, 4.69) is 77.9 Å². The molecule has 2 aromatic carbocycles. The van der Waals surface area contributed by atoms with Crippen LogP contribution in [0.4, 0.5) is 11.5 Å². The number of halogens is 1. The van der Waals surface area contributed by atoms with E-state index in [4.69, 9.17) is 16.3 Å². The van der Waals surface area contributed by atoms with E-state index in [0.29, 0.717) is 42.1 Å². The fourth-order valence-corrected chi connectivity index (χ4v) is 5.43. The topological polar surface area (TPSA) is 108 Å². The van der Waals surface area contributed by atoms with Gasteiger partial charge in [-0.25, -0.2) is 9.97 Å². The molecular formula is C35H48ClN5O3. The molecule has 4 N–H and O–H groups in total. The van der Waals surface area contributed by atoms with Crippen molar-refractivity contribution in [1.29, 1.82) is 0 Å². The van der Waals surface area contributed by atoms with E-state index < -0.39 is 12.1 Å². The smallest absolute Gasteiger partial charge is 0.217 e. The molecule has 8 nitrogen and oxygen atoms in total. The van der Waals surface area contributed by atoms with Gasteiger partial charge in [-0.3, -0.25) is 4.79 Å². The van der Waals surface area contributed by atoms with Crippen molar-refractivity contribution in [2.45, 2.75) is 103 Å². The van der Waals surface area contributed by atoms with E-state index in [-0.39, 0.29) is 22.8 Å². The summed E-state index contributed by atoms with van der Waals surface area (Å²) < 4.78 is 6.11. The molecule has 2 atom stereocenters. The lowest BCUT2D eigenvalue weighted by Crippen LogP contribution is -2.49. The molecule has 1 aromatic heterocycles. The van der Waals surface area contributed by atoms with Crippen LogP contribution < -0.4 is 20.7 Å². The van der Waals surface area contributed by atoms with Crippen molar-refractivity contribution in [2.75, 3.05) is 18.5 Å². The third-order valence-corrected chi connectivity index (χ3v) is 8.18. The molecule has 0 saturated heterocycles. The Labute approximate surface area is 267 Å². The van der Waals surface area contributed by atoms with Crippen LogP contribution in [0.15, 0.2) is 48.5 Å². The van der Waals surface area contributed by atoms with Crippen LogP contribution in [0.2, 0.25) is 5.15 Å². The van der Waals surface area contributed by atoms with E-state index in [1.807, 2.05) is 32.0 Å². The van der Waals surface area contributed by atoms with Gasteiger partial charge in [0.15, 0.2) is 0 Å². The molecule has 1 saturated carbocycles. The molecule has 0 aliphatic heterocycles. The molecule has 0 spiro atoms. The normalized spacial score (nSPS) is 15.5. The number of aliphatic hydroxyl groups excluding tert-OH is 1. The van der Waals surface area contributed by atoms with Gasteiger partial charge in [0, 0.05) is 31.0 Å². The first-order chi connectivity index (χ1) is 20.8. The predicted octanol–water partition coefficient (Wildman–Crippen LogP) is 6.77. The number of benzene rings is 2. The van der Waals surface area contributed by atoms with Gasteiger partial charge >= 0.3 is 0 Å². The second kappa shape index (κ2) is 14.3. The zero-order chi connectivity index (χ0) is 32.1. The number of hydrogen-bond acceptors (Lipinski definition) is 7. The lowest BCUT2D eigenvalue weighted by atomic mass is 9.85. The number of aromatic nitrogens is 2. The van der Waals surface area contributed by atoms with Crippen molar-refractivity contribution < 1.29 is 14.6 Å². The third-order valence-electron chi connectivity index (χ3n) is 7.99. The van der Waals surface area contributed by atoms with Gasteiger partial charge in [0.25, 0.3) is 0 Å². The Bertz CT molecular complexity index is 1430. The summed E-state index contributed by atoms with van der Waals surface area (Å²) in [5.41, 5.74) is 4.14. The van der Waals surface area contributed by atoms with Crippen LogP contribution in [0.5, 0.6) is 5.75 Å². The maximum atomic E-state index is 12.2. The Morgan fingerprint density at radius 3 is 2.50 bits per heavy atom. The second-order valence-corrected chi connectivity index (χ2v) is 13.7. The van der Waals surface area contributed by atoms with Gasteiger partial charge in [-0.15, -0.1) is 0 Å². The average molecular weight is 622 g/mol. The number of hydrogen-bond donors (Lipinski definition) is 4. The van der Waals surface area contributed by atoms with Gasteiger partial charge in [-0.2, -0.15) is 0 Å². The van der Waals surface area contributed by atoms with Crippen LogP contribution in [0.3, 0.4) is 0 Å². The molecule has 1 amide bonds. The summed E-state index contributed by atoms with van der Waals surface area (Å²) in [6, 6.07) is 15.8. The van der Waals surface area contributed by atoms with Crippen LogP contribution >= 0.6 is 11.6 Å². The minimum atomic E-state index is -0.794. The largest absolute Gasteiger partial charge is 0.491 e. The third kappa shape index (κ3) is 8.93. The van der Waals surface area contributed by atoms with E-state index in [1.165, 1.54) is 18.1 Å². The number of anilines is 2. The average Bonchev–Trinajstić information content (AvgIpc) is 3.76. The van der Waals surface area contributed by atoms with Crippen molar-refractivity contribution in [1.82, 2.24) is 20.6 Å². The van der Waals surface area contributed by atoms with Crippen LogP contribution in [0.1, 0.15) is 96.2 Å². The molecule has 1 aliphatic carbocycles. The number of aliphatic hydroxyl groups is 1. The number of carbonyl (C=O) groups is 1. The zero-order valence-electron chi connectivity index (χ0n) is 27.1. The van der Waals surface area contributed by atoms with E-state index in [1.54, 1.807) is 6.07 Å². The Morgan fingerprint density at radius 1 is 1.11 bits per heavy atom. The fraction of sp³-hybridized carbons (Fsp3) is 0.514. The van der Waals surface area contributed by atoms with E-state index >= 15 is 0 Å². The molecule has 0 unspecified atom stereocenters. The van der Waals surface area contributed by atoms with Gasteiger partial charge in [-0.05, 0) is 59.9 Å². The van der Waals surface area contributed by atoms with Crippen LogP contribution in [0, 0.1) is 0 Å². The molecule has 0 radical (unpaired) electrons. The van der Waals surface area contributed by atoms with Crippen molar-refractivity contribution >= 4 is 29.0 Å². The quantitative estimate of drug-likeness (QED) is 0.147.